The molecule has 0 aliphatic heterocycles. The summed E-state index contributed by atoms with van der Waals surface area (Å²) in [4.78, 5) is 3.97. The molecule has 0 saturated heterocycles. The van der Waals surface area contributed by atoms with Gasteiger partial charge in [-0.25, -0.2) is 0 Å². The lowest BCUT2D eigenvalue weighted by molar-refractivity contribution is -0.139. The average molecular weight is 289 g/mol. The van der Waals surface area contributed by atoms with E-state index < -0.39 is 17.2 Å². The number of hydrogen-bond acceptors (Lipinski definition) is 2. The third kappa shape index (κ3) is 4.69. The summed E-state index contributed by atoms with van der Waals surface area (Å²) in [6.07, 6.45) is -2.26. The molecule has 1 aromatic rings. The monoisotopic (exact) mass is 289 g/mol. The molecule has 1 aromatic heterocycles. The van der Waals surface area contributed by atoms with E-state index in [1.54, 1.807) is 20.8 Å². The molecule has 114 valence electrons. The Kier molecular flexibility index (Phi) is 5.05. The van der Waals surface area contributed by atoms with Crippen LogP contribution in [-0.2, 0) is 11.6 Å². The van der Waals surface area contributed by atoms with Gasteiger partial charge in [-0.05, 0) is 18.4 Å². The van der Waals surface area contributed by atoms with Crippen molar-refractivity contribution in [3.05, 3.63) is 23.5 Å². The molecule has 0 amide bonds. The number of alkyl halides is 3. The van der Waals surface area contributed by atoms with Crippen LogP contribution in [0.1, 0.15) is 52.3 Å². The molecule has 0 bridgehead atoms. The van der Waals surface area contributed by atoms with E-state index in [2.05, 4.69) is 4.98 Å². The molecule has 0 aliphatic carbocycles. The van der Waals surface area contributed by atoms with Gasteiger partial charge >= 0.3 is 6.18 Å². The standard InChI is InChI=1S/C15H22F3NO/c1-10(2)6-7-20-11-8-12(15(16,17)18)13(19-9-11)14(3,4)5/h8-10H,6-7H2,1-5H3. The van der Waals surface area contributed by atoms with Crippen LogP contribution in [0.3, 0.4) is 0 Å². The predicted octanol–water partition coefficient (Wildman–Crippen LogP) is 4.82. The summed E-state index contributed by atoms with van der Waals surface area (Å²) in [6, 6.07) is 1.05. The smallest absolute Gasteiger partial charge is 0.418 e. The van der Waals surface area contributed by atoms with Gasteiger partial charge in [0, 0.05) is 5.41 Å². The fraction of sp³-hybridized carbons (Fsp3) is 0.667. The summed E-state index contributed by atoms with van der Waals surface area (Å²) in [5.74, 6) is 0.616. The average Bonchev–Trinajstić information content (AvgIpc) is 2.25. The van der Waals surface area contributed by atoms with Crippen LogP contribution in [0.25, 0.3) is 0 Å². The lowest BCUT2D eigenvalue weighted by atomic mass is 9.88. The summed E-state index contributed by atoms with van der Waals surface area (Å²) in [7, 11) is 0. The van der Waals surface area contributed by atoms with E-state index in [-0.39, 0.29) is 11.4 Å². The number of pyridine rings is 1. The molecule has 0 N–H and O–H groups in total. The quantitative estimate of drug-likeness (QED) is 0.792. The largest absolute Gasteiger partial charge is 0.492 e. The van der Waals surface area contributed by atoms with Gasteiger partial charge in [0.1, 0.15) is 5.75 Å². The summed E-state index contributed by atoms with van der Waals surface area (Å²) >= 11 is 0. The molecule has 0 atom stereocenters. The highest BCUT2D eigenvalue weighted by molar-refractivity contribution is 5.35. The van der Waals surface area contributed by atoms with Crippen molar-refractivity contribution >= 4 is 0 Å². The zero-order chi connectivity index (χ0) is 15.6. The molecular formula is C15H22F3NO. The van der Waals surface area contributed by atoms with Crippen LogP contribution in [0.2, 0.25) is 0 Å². The van der Waals surface area contributed by atoms with Crippen molar-refractivity contribution in [3.8, 4) is 5.75 Å². The van der Waals surface area contributed by atoms with Crippen LogP contribution in [-0.4, -0.2) is 11.6 Å². The van der Waals surface area contributed by atoms with E-state index in [4.69, 9.17) is 4.74 Å². The summed E-state index contributed by atoms with van der Waals surface area (Å²) in [5, 5.41) is 0. The fourth-order valence-electron chi connectivity index (χ4n) is 1.75. The first-order valence-electron chi connectivity index (χ1n) is 6.72. The first-order valence-corrected chi connectivity index (χ1v) is 6.72. The van der Waals surface area contributed by atoms with Gasteiger partial charge in [0.2, 0.25) is 0 Å². The Morgan fingerprint density at radius 1 is 1.20 bits per heavy atom. The Bertz CT molecular complexity index is 447. The van der Waals surface area contributed by atoms with Crippen molar-refractivity contribution in [3.63, 3.8) is 0 Å². The highest BCUT2D eigenvalue weighted by atomic mass is 19.4. The number of nitrogens with zero attached hydrogens (tertiary/aromatic N) is 1. The molecular weight excluding hydrogens is 267 g/mol. The molecule has 0 spiro atoms. The summed E-state index contributed by atoms with van der Waals surface area (Å²) in [6.45, 7) is 9.60. The van der Waals surface area contributed by atoms with Gasteiger partial charge < -0.3 is 4.74 Å². The van der Waals surface area contributed by atoms with Crippen molar-refractivity contribution in [2.75, 3.05) is 6.61 Å². The Balaban J connectivity index is 3.03. The third-order valence-electron chi connectivity index (χ3n) is 2.84. The number of hydrogen-bond donors (Lipinski definition) is 0. The highest BCUT2D eigenvalue weighted by Crippen LogP contribution is 2.37. The van der Waals surface area contributed by atoms with Crippen LogP contribution < -0.4 is 4.74 Å². The molecule has 0 saturated carbocycles. The van der Waals surface area contributed by atoms with Crippen molar-refractivity contribution < 1.29 is 17.9 Å². The first-order chi connectivity index (χ1) is 9.01. The van der Waals surface area contributed by atoms with Crippen LogP contribution in [0.15, 0.2) is 12.3 Å². The second-order valence-corrected chi connectivity index (χ2v) is 6.35. The Morgan fingerprint density at radius 2 is 1.80 bits per heavy atom. The minimum Gasteiger partial charge on any atom is -0.492 e. The van der Waals surface area contributed by atoms with E-state index in [1.807, 2.05) is 13.8 Å². The minimum atomic E-state index is -4.42. The van der Waals surface area contributed by atoms with Crippen LogP contribution in [0.4, 0.5) is 13.2 Å². The maximum atomic E-state index is 13.1. The maximum Gasteiger partial charge on any atom is 0.418 e. The normalized spacial score (nSPS) is 12.8. The van der Waals surface area contributed by atoms with Gasteiger partial charge in [-0.15, -0.1) is 0 Å². The molecule has 0 fully saturated rings. The lowest BCUT2D eigenvalue weighted by Crippen LogP contribution is -2.21. The SMILES string of the molecule is CC(C)CCOc1cnc(C(C)(C)C)c(C(F)(F)F)c1. The molecule has 20 heavy (non-hydrogen) atoms. The number of halogens is 3. The topological polar surface area (TPSA) is 22.1 Å². The van der Waals surface area contributed by atoms with Gasteiger partial charge in [0.25, 0.3) is 0 Å². The summed E-state index contributed by atoms with van der Waals surface area (Å²) in [5.41, 5.74) is -1.34. The highest BCUT2D eigenvalue weighted by Gasteiger charge is 2.37. The Morgan fingerprint density at radius 3 is 2.25 bits per heavy atom. The van der Waals surface area contributed by atoms with Gasteiger partial charge in [-0.3, -0.25) is 4.98 Å². The summed E-state index contributed by atoms with van der Waals surface area (Å²) < 4.78 is 44.7. The van der Waals surface area contributed by atoms with E-state index in [1.165, 1.54) is 6.20 Å². The number of aromatic nitrogens is 1. The fourth-order valence-corrected chi connectivity index (χ4v) is 1.75. The van der Waals surface area contributed by atoms with Gasteiger partial charge in [0.05, 0.1) is 24.1 Å². The zero-order valence-corrected chi connectivity index (χ0v) is 12.6. The van der Waals surface area contributed by atoms with Crippen molar-refractivity contribution in [2.45, 2.75) is 52.6 Å². The molecule has 1 rings (SSSR count). The molecule has 5 heteroatoms. The first kappa shape index (κ1) is 16.8. The van der Waals surface area contributed by atoms with E-state index >= 15 is 0 Å². The van der Waals surface area contributed by atoms with E-state index in [0.29, 0.717) is 12.5 Å². The third-order valence-corrected chi connectivity index (χ3v) is 2.84. The molecule has 1 heterocycles. The second-order valence-electron chi connectivity index (χ2n) is 6.35. The van der Waals surface area contributed by atoms with Crippen molar-refractivity contribution in [1.82, 2.24) is 4.98 Å². The number of rotatable bonds is 4. The zero-order valence-electron chi connectivity index (χ0n) is 12.6. The van der Waals surface area contributed by atoms with Gasteiger partial charge in [0.15, 0.2) is 0 Å². The van der Waals surface area contributed by atoms with Crippen LogP contribution in [0.5, 0.6) is 5.75 Å². The Labute approximate surface area is 118 Å². The second kappa shape index (κ2) is 6.02. The molecule has 0 aliphatic rings. The van der Waals surface area contributed by atoms with E-state index in [0.717, 1.165) is 12.5 Å². The van der Waals surface area contributed by atoms with Crippen molar-refractivity contribution in [1.29, 1.82) is 0 Å². The predicted molar refractivity (Wildman–Crippen MR) is 72.9 cm³/mol. The van der Waals surface area contributed by atoms with Gasteiger partial charge in [-0.1, -0.05) is 34.6 Å². The lowest BCUT2D eigenvalue weighted by Gasteiger charge is -2.23. The van der Waals surface area contributed by atoms with Gasteiger partial charge in [-0.2, -0.15) is 13.2 Å². The van der Waals surface area contributed by atoms with E-state index in [9.17, 15) is 13.2 Å². The molecule has 0 aromatic carbocycles. The van der Waals surface area contributed by atoms with Crippen LogP contribution in [0, 0.1) is 5.92 Å². The maximum absolute atomic E-state index is 13.1. The number of ether oxygens (including phenoxy) is 1. The van der Waals surface area contributed by atoms with Crippen LogP contribution >= 0.6 is 0 Å². The minimum absolute atomic E-state index is 0.0428. The Hall–Kier alpha value is -1.26. The molecule has 0 unspecified atom stereocenters. The molecule has 2 nitrogen and oxygen atoms in total. The molecule has 0 radical (unpaired) electrons. The van der Waals surface area contributed by atoms with Crippen molar-refractivity contribution in [2.24, 2.45) is 5.92 Å².